The Hall–Kier alpha value is -2.29. The van der Waals surface area contributed by atoms with Crippen molar-refractivity contribution in [3.63, 3.8) is 0 Å². The smallest absolute Gasteiger partial charge is 0.251 e. The Bertz CT molecular complexity index is 1110. The largest absolute Gasteiger partial charge is 0.396 e. The molecule has 3 heterocycles. The highest BCUT2D eigenvalue weighted by Gasteiger charge is 2.74. The van der Waals surface area contributed by atoms with Crippen LogP contribution in [0.2, 0.25) is 5.02 Å². The maximum Gasteiger partial charge on any atom is 0.251 e. The van der Waals surface area contributed by atoms with Crippen LogP contribution in [0.1, 0.15) is 44.6 Å². The summed E-state index contributed by atoms with van der Waals surface area (Å²) >= 11 is 8.30. The maximum atomic E-state index is 14.6. The average Bonchev–Trinajstić information content (AvgIpc) is 3.55. The van der Waals surface area contributed by atoms with Crippen molar-refractivity contribution in [2.45, 2.75) is 62.0 Å². The van der Waals surface area contributed by atoms with Crippen LogP contribution in [0.4, 0.5) is 5.69 Å². The van der Waals surface area contributed by atoms with Crippen LogP contribution in [0.25, 0.3) is 0 Å². The van der Waals surface area contributed by atoms with Gasteiger partial charge in [-0.1, -0.05) is 42.8 Å². The zero-order valence-corrected chi connectivity index (χ0v) is 24.6. The lowest BCUT2D eigenvalue weighted by atomic mass is 9.70. The Morgan fingerprint density at radius 1 is 1.23 bits per heavy atom. The number of unbranched alkanes of at least 4 members (excludes halogenated alkanes) is 1. The molecule has 7 nitrogen and oxygen atoms in total. The standard InChI is InChI=1S/C30H40ClN3O4S/c1-5-15-32(16-6-2)27(36)23-22-13-14-30(39-22)24(23)28(37)34(18-8-9-19-35)26(30)29(38)33(17-7-3)25-20(4)11-10-12-21(25)31/h5,7,10-12,22-24,26,35H,1,3,6,8-9,13-19H2,2,4H3/t22-,23+,24+,26?,30?/m1/s1. The lowest BCUT2D eigenvalue weighted by Gasteiger charge is -2.38. The number of aryl methyl sites for hydroxylation is 1. The van der Waals surface area contributed by atoms with Gasteiger partial charge < -0.3 is 19.8 Å². The fourth-order valence-electron chi connectivity index (χ4n) is 6.81. The first kappa shape index (κ1) is 29.7. The van der Waals surface area contributed by atoms with Gasteiger partial charge >= 0.3 is 0 Å². The highest BCUT2D eigenvalue weighted by atomic mass is 35.5. The van der Waals surface area contributed by atoms with E-state index in [0.717, 1.165) is 18.4 Å². The molecule has 0 aliphatic carbocycles. The molecule has 212 valence electrons. The molecule has 0 radical (unpaired) electrons. The summed E-state index contributed by atoms with van der Waals surface area (Å²) in [6, 6.07) is 4.80. The van der Waals surface area contributed by atoms with Crippen LogP contribution in [0.15, 0.2) is 43.5 Å². The van der Waals surface area contributed by atoms with Crippen molar-refractivity contribution in [1.82, 2.24) is 9.80 Å². The van der Waals surface area contributed by atoms with Gasteiger partial charge in [0.05, 0.1) is 27.3 Å². The van der Waals surface area contributed by atoms with E-state index in [1.165, 1.54) is 0 Å². The van der Waals surface area contributed by atoms with Crippen molar-refractivity contribution in [2.24, 2.45) is 11.8 Å². The minimum Gasteiger partial charge on any atom is -0.396 e. The summed E-state index contributed by atoms with van der Waals surface area (Å²) in [5.41, 5.74) is 1.48. The van der Waals surface area contributed by atoms with Crippen LogP contribution in [-0.4, -0.2) is 81.5 Å². The number of hydrogen-bond donors (Lipinski definition) is 1. The molecular formula is C30H40ClN3O4S. The van der Waals surface area contributed by atoms with Crippen LogP contribution >= 0.6 is 23.4 Å². The first-order chi connectivity index (χ1) is 18.8. The Balaban J connectivity index is 1.78. The highest BCUT2D eigenvalue weighted by molar-refractivity contribution is 8.02. The number of carbonyl (C=O) groups is 3. The molecule has 0 aromatic heterocycles. The number of likely N-dealkylation sites (tertiary alicyclic amines) is 1. The van der Waals surface area contributed by atoms with Crippen LogP contribution < -0.4 is 4.90 Å². The summed E-state index contributed by atoms with van der Waals surface area (Å²) < 4.78 is -0.682. The van der Waals surface area contributed by atoms with Gasteiger partial charge in [0, 0.05) is 38.0 Å². The summed E-state index contributed by atoms with van der Waals surface area (Å²) in [6.45, 7) is 13.3. The van der Waals surface area contributed by atoms with Crippen LogP contribution in [0, 0.1) is 18.8 Å². The fourth-order valence-corrected chi connectivity index (χ4v) is 9.34. The molecule has 39 heavy (non-hydrogen) atoms. The molecule has 3 aliphatic heterocycles. The van der Waals surface area contributed by atoms with Gasteiger partial charge in [-0.3, -0.25) is 14.4 Å². The summed E-state index contributed by atoms with van der Waals surface area (Å²) in [7, 11) is 0. The van der Waals surface area contributed by atoms with Gasteiger partial charge in [-0.05, 0) is 50.7 Å². The number of rotatable bonds is 13. The lowest BCUT2D eigenvalue weighted by molar-refractivity contribution is -0.143. The minimum absolute atomic E-state index is 0.000386. The summed E-state index contributed by atoms with van der Waals surface area (Å²) in [5.74, 6) is -1.34. The Morgan fingerprint density at radius 2 is 1.97 bits per heavy atom. The fraction of sp³-hybridized carbons (Fsp3) is 0.567. The van der Waals surface area contributed by atoms with Crippen LogP contribution in [0.5, 0.6) is 0 Å². The maximum absolute atomic E-state index is 14.6. The van der Waals surface area contributed by atoms with E-state index in [2.05, 4.69) is 13.2 Å². The van der Waals surface area contributed by atoms with Crippen LogP contribution in [0.3, 0.4) is 0 Å². The van der Waals surface area contributed by atoms with E-state index in [-0.39, 0.29) is 36.1 Å². The molecule has 9 heteroatoms. The number of aliphatic hydroxyl groups is 1. The number of benzene rings is 1. The number of nitrogens with zero attached hydrogens (tertiary/aromatic N) is 3. The third kappa shape index (κ3) is 5.16. The zero-order chi connectivity index (χ0) is 28.3. The van der Waals surface area contributed by atoms with E-state index in [1.807, 2.05) is 30.9 Å². The summed E-state index contributed by atoms with van der Waals surface area (Å²) in [5, 5.41) is 9.89. The van der Waals surface area contributed by atoms with Crippen LogP contribution in [-0.2, 0) is 14.4 Å². The summed E-state index contributed by atoms with van der Waals surface area (Å²) in [6.07, 6.45) is 6.82. The first-order valence-electron chi connectivity index (χ1n) is 13.9. The first-order valence-corrected chi connectivity index (χ1v) is 15.2. The van der Waals surface area contributed by atoms with Crippen molar-refractivity contribution in [2.75, 3.05) is 37.7 Å². The van der Waals surface area contributed by atoms with Crippen molar-refractivity contribution in [1.29, 1.82) is 0 Å². The molecular weight excluding hydrogens is 534 g/mol. The second-order valence-corrected chi connectivity index (χ2v) is 12.7. The third-order valence-corrected chi connectivity index (χ3v) is 10.6. The van der Waals surface area contributed by atoms with Gasteiger partial charge in [-0.15, -0.1) is 24.9 Å². The molecule has 3 fully saturated rings. The number of para-hydroxylation sites is 1. The van der Waals surface area contributed by atoms with Gasteiger partial charge in [0.15, 0.2) is 0 Å². The number of anilines is 1. The topological polar surface area (TPSA) is 81.2 Å². The monoisotopic (exact) mass is 573 g/mol. The Morgan fingerprint density at radius 3 is 2.62 bits per heavy atom. The number of carbonyl (C=O) groups excluding carboxylic acids is 3. The summed E-state index contributed by atoms with van der Waals surface area (Å²) in [4.78, 5) is 47.9. The van der Waals surface area contributed by atoms with Gasteiger partial charge in [0.2, 0.25) is 11.8 Å². The quantitative estimate of drug-likeness (QED) is 0.278. The lowest BCUT2D eigenvalue weighted by Crippen LogP contribution is -2.55. The minimum atomic E-state index is -0.726. The SMILES string of the molecule is C=CCN(CCC)C(=O)[C@@H]1[C@H]2C(=O)N(CCCCO)C(C(=O)N(CC=C)c3c(C)cccc3Cl)C23CC[C@H]1S3. The molecule has 1 aromatic rings. The Kier molecular flexibility index (Phi) is 9.50. The normalized spacial score (nSPS) is 27.0. The van der Waals surface area contributed by atoms with Crippen molar-refractivity contribution >= 4 is 46.8 Å². The van der Waals surface area contributed by atoms with Gasteiger partial charge in [0.25, 0.3) is 5.91 Å². The predicted molar refractivity (Wildman–Crippen MR) is 158 cm³/mol. The van der Waals surface area contributed by atoms with E-state index in [0.29, 0.717) is 49.6 Å². The molecule has 1 spiro atoms. The third-order valence-electron chi connectivity index (χ3n) is 8.32. The van der Waals surface area contributed by atoms with Crippen molar-refractivity contribution in [3.8, 4) is 0 Å². The highest BCUT2D eigenvalue weighted by Crippen LogP contribution is 2.66. The number of amides is 3. The number of aliphatic hydroxyl groups excluding tert-OH is 1. The number of halogens is 1. The molecule has 3 saturated heterocycles. The zero-order valence-electron chi connectivity index (χ0n) is 23.0. The number of hydrogen-bond acceptors (Lipinski definition) is 5. The molecule has 3 amide bonds. The number of thioether (sulfide) groups is 1. The second-order valence-electron chi connectivity index (χ2n) is 10.7. The molecule has 3 aliphatic rings. The average molecular weight is 574 g/mol. The molecule has 5 atom stereocenters. The van der Waals surface area contributed by atoms with Gasteiger partial charge in [0.1, 0.15) is 6.04 Å². The van der Waals surface area contributed by atoms with Gasteiger partial charge in [-0.2, -0.15) is 0 Å². The van der Waals surface area contributed by atoms with E-state index >= 15 is 0 Å². The number of fused-ring (bicyclic) bond motifs is 1. The molecule has 1 aromatic carbocycles. The van der Waals surface area contributed by atoms with Crippen molar-refractivity contribution in [3.05, 3.63) is 54.1 Å². The molecule has 2 unspecified atom stereocenters. The van der Waals surface area contributed by atoms with Crippen molar-refractivity contribution < 1.29 is 19.5 Å². The molecule has 0 saturated carbocycles. The molecule has 4 rings (SSSR count). The van der Waals surface area contributed by atoms with E-state index < -0.39 is 22.6 Å². The van der Waals surface area contributed by atoms with E-state index in [9.17, 15) is 19.5 Å². The predicted octanol–water partition coefficient (Wildman–Crippen LogP) is 4.46. The molecule has 1 N–H and O–H groups in total. The van der Waals surface area contributed by atoms with E-state index in [1.54, 1.807) is 39.8 Å². The Labute approximate surface area is 241 Å². The molecule has 2 bridgehead atoms. The van der Waals surface area contributed by atoms with Gasteiger partial charge in [-0.25, -0.2) is 0 Å². The van der Waals surface area contributed by atoms with E-state index in [4.69, 9.17) is 11.6 Å². The second kappa shape index (κ2) is 12.5.